The SMILES string of the molecule is O=C(O)/C=C\C(=O)N1CCC(O)C1. The second-order valence-electron chi connectivity index (χ2n) is 2.90. The Kier molecular flexibility index (Phi) is 3.02. The highest BCUT2D eigenvalue weighted by Crippen LogP contribution is 2.08. The molecule has 0 saturated carbocycles. The van der Waals surface area contributed by atoms with Gasteiger partial charge in [0.15, 0.2) is 0 Å². The molecule has 1 amide bonds. The highest BCUT2D eigenvalue weighted by atomic mass is 16.4. The average molecular weight is 185 g/mol. The van der Waals surface area contributed by atoms with Crippen molar-refractivity contribution in [1.82, 2.24) is 4.90 Å². The van der Waals surface area contributed by atoms with Gasteiger partial charge in [0.25, 0.3) is 0 Å². The maximum Gasteiger partial charge on any atom is 0.328 e. The number of rotatable bonds is 2. The van der Waals surface area contributed by atoms with Crippen molar-refractivity contribution in [2.24, 2.45) is 0 Å². The number of carboxylic acid groups (broad SMARTS) is 1. The van der Waals surface area contributed by atoms with Crippen LogP contribution in [-0.4, -0.2) is 46.2 Å². The molecular formula is C8H11NO4. The Morgan fingerprint density at radius 3 is 2.54 bits per heavy atom. The second kappa shape index (κ2) is 4.04. The fraction of sp³-hybridized carbons (Fsp3) is 0.500. The van der Waals surface area contributed by atoms with Gasteiger partial charge in [0.1, 0.15) is 0 Å². The van der Waals surface area contributed by atoms with Gasteiger partial charge in [-0.1, -0.05) is 0 Å². The molecule has 1 atom stereocenters. The van der Waals surface area contributed by atoms with E-state index < -0.39 is 12.1 Å². The number of hydrogen-bond donors (Lipinski definition) is 2. The van der Waals surface area contributed by atoms with E-state index >= 15 is 0 Å². The Bertz CT molecular complexity index is 249. The van der Waals surface area contributed by atoms with Gasteiger partial charge in [0, 0.05) is 25.2 Å². The zero-order valence-corrected chi connectivity index (χ0v) is 7.01. The van der Waals surface area contributed by atoms with E-state index in [0.717, 1.165) is 12.2 Å². The Morgan fingerprint density at radius 1 is 1.38 bits per heavy atom. The first-order valence-corrected chi connectivity index (χ1v) is 3.97. The Balaban J connectivity index is 2.44. The average Bonchev–Trinajstić information content (AvgIpc) is 2.47. The minimum Gasteiger partial charge on any atom is -0.478 e. The number of nitrogens with zero attached hydrogens (tertiary/aromatic N) is 1. The van der Waals surface area contributed by atoms with Gasteiger partial charge in [-0.3, -0.25) is 4.79 Å². The summed E-state index contributed by atoms with van der Waals surface area (Å²) < 4.78 is 0. The molecule has 0 radical (unpaired) electrons. The van der Waals surface area contributed by atoms with Crippen LogP contribution < -0.4 is 0 Å². The topological polar surface area (TPSA) is 77.8 Å². The molecule has 1 aliphatic rings. The third-order valence-electron chi connectivity index (χ3n) is 1.84. The molecule has 5 nitrogen and oxygen atoms in total. The van der Waals surface area contributed by atoms with Crippen LogP contribution in [0.3, 0.4) is 0 Å². The van der Waals surface area contributed by atoms with Crippen molar-refractivity contribution in [1.29, 1.82) is 0 Å². The molecule has 1 unspecified atom stereocenters. The summed E-state index contributed by atoms with van der Waals surface area (Å²) in [6.45, 7) is 0.784. The molecule has 0 bridgehead atoms. The first-order chi connectivity index (χ1) is 6.09. The molecule has 1 aliphatic heterocycles. The largest absolute Gasteiger partial charge is 0.478 e. The summed E-state index contributed by atoms with van der Waals surface area (Å²) in [5, 5.41) is 17.3. The molecule has 0 spiro atoms. The maximum atomic E-state index is 11.2. The zero-order chi connectivity index (χ0) is 9.84. The summed E-state index contributed by atoms with van der Waals surface area (Å²) in [4.78, 5) is 22.7. The monoisotopic (exact) mass is 185 g/mol. The van der Waals surface area contributed by atoms with E-state index in [0.29, 0.717) is 19.5 Å². The molecular weight excluding hydrogens is 174 g/mol. The third kappa shape index (κ3) is 2.87. The summed E-state index contributed by atoms with van der Waals surface area (Å²) in [6, 6.07) is 0. The van der Waals surface area contributed by atoms with Gasteiger partial charge >= 0.3 is 5.97 Å². The van der Waals surface area contributed by atoms with Crippen LogP contribution in [0.5, 0.6) is 0 Å². The molecule has 1 saturated heterocycles. The number of aliphatic hydroxyl groups excluding tert-OH is 1. The molecule has 0 aromatic heterocycles. The number of carboxylic acids is 1. The van der Waals surface area contributed by atoms with E-state index in [1.807, 2.05) is 0 Å². The maximum absolute atomic E-state index is 11.2. The molecule has 13 heavy (non-hydrogen) atoms. The van der Waals surface area contributed by atoms with Crippen LogP contribution >= 0.6 is 0 Å². The quantitative estimate of drug-likeness (QED) is 0.553. The number of carbonyl (C=O) groups excluding carboxylic acids is 1. The van der Waals surface area contributed by atoms with Gasteiger partial charge in [-0.15, -0.1) is 0 Å². The lowest BCUT2D eigenvalue weighted by Crippen LogP contribution is -2.27. The first kappa shape index (κ1) is 9.73. The Morgan fingerprint density at radius 2 is 2.08 bits per heavy atom. The number of hydrogen-bond acceptors (Lipinski definition) is 3. The van der Waals surface area contributed by atoms with E-state index in [4.69, 9.17) is 10.2 Å². The minimum atomic E-state index is -1.15. The predicted molar refractivity (Wildman–Crippen MR) is 44.0 cm³/mol. The van der Waals surface area contributed by atoms with E-state index in [-0.39, 0.29) is 5.91 Å². The lowest BCUT2D eigenvalue weighted by atomic mass is 10.3. The van der Waals surface area contributed by atoms with Crippen LogP contribution in [0.1, 0.15) is 6.42 Å². The minimum absolute atomic E-state index is 0.294. The number of β-amino-alcohol motifs (C(OH)–C–C–N with tert-alkyl or cyclic N) is 1. The van der Waals surface area contributed by atoms with Gasteiger partial charge in [-0.2, -0.15) is 0 Å². The van der Waals surface area contributed by atoms with Gasteiger partial charge in [-0.25, -0.2) is 4.79 Å². The molecule has 72 valence electrons. The second-order valence-corrected chi connectivity index (χ2v) is 2.90. The summed E-state index contributed by atoms with van der Waals surface area (Å²) in [6.07, 6.45) is 1.89. The van der Waals surface area contributed by atoms with E-state index in [9.17, 15) is 9.59 Å². The lowest BCUT2D eigenvalue weighted by molar-refractivity contribution is -0.132. The Hall–Kier alpha value is -1.36. The molecule has 0 aromatic rings. The highest BCUT2D eigenvalue weighted by molar-refractivity contribution is 5.94. The van der Waals surface area contributed by atoms with Crippen molar-refractivity contribution in [3.8, 4) is 0 Å². The third-order valence-corrected chi connectivity index (χ3v) is 1.84. The summed E-state index contributed by atoms with van der Waals surface area (Å²) in [5.74, 6) is -1.51. The van der Waals surface area contributed by atoms with Gasteiger partial charge in [0.05, 0.1) is 6.10 Å². The van der Waals surface area contributed by atoms with Crippen molar-refractivity contribution in [2.75, 3.05) is 13.1 Å². The summed E-state index contributed by atoms with van der Waals surface area (Å²) in [7, 11) is 0. The van der Waals surface area contributed by atoms with Crippen molar-refractivity contribution < 1.29 is 19.8 Å². The molecule has 0 aromatic carbocycles. The summed E-state index contributed by atoms with van der Waals surface area (Å²) >= 11 is 0. The first-order valence-electron chi connectivity index (χ1n) is 3.97. The molecule has 1 fully saturated rings. The Labute approximate surface area is 75.3 Å². The van der Waals surface area contributed by atoms with Crippen molar-refractivity contribution in [3.05, 3.63) is 12.2 Å². The fourth-order valence-electron chi connectivity index (χ4n) is 1.19. The summed E-state index contributed by atoms with van der Waals surface area (Å²) in [5.41, 5.74) is 0. The molecule has 1 heterocycles. The van der Waals surface area contributed by atoms with E-state index in [1.165, 1.54) is 4.90 Å². The van der Waals surface area contributed by atoms with Crippen molar-refractivity contribution >= 4 is 11.9 Å². The van der Waals surface area contributed by atoms with Crippen molar-refractivity contribution in [3.63, 3.8) is 0 Å². The van der Waals surface area contributed by atoms with Gasteiger partial charge in [-0.05, 0) is 6.42 Å². The van der Waals surface area contributed by atoms with Gasteiger partial charge in [0.2, 0.25) is 5.91 Å². The number of aliphatic hydroxyl groups is 1. The van der Waals surface area contributed by atoms with Crippen LogP contribution in [0.15, 0.2) is 12.2 Å². The highest BCUT2D eigenvalue weighted by Gasteiger charge is 2.22. The predicted octanol–water partition coefficient (Wildman–Crippen LogP) is -0.780. The molecule has 1 rings (SSSR count). The zero-order valence-electron chi connectivity index (χ0n) is 7.01. The van der Waals surface area contributed by atoms with Crippen molar-refractivity contribution in [2.45, 2.75) is 12.5 Å². The normalized spacial score (nSPS) is 22.5. The standard InChI is InChI=1S/C8H11NO4/c10-6-3-4-9(5-6)7(11)1-2-8(12)13/h1-2,6,10H,3-5H2,(H,12,13)/b2-1-. The van der Waals surface area contributed by atoms with Crippen LogP contribution in [-0.2, 0) is 9.59 Å². The van der Waals surface area contributed by atoms with Crippen LogP contribution in [0, 0.1) is 0 Å². The number of carbonyl (C=O) groups is 2. The molecule has 0 aliphatic carbocycles. The van der Waals surface area contributed by atoms with E-state index in [1.54, 1.807) is 0 Å². The number of likely N-dealkylation sites (tertiary alicyclic amines) is 1. The van der Waals surface area contributed by atoms with Crippen LogP contribution in [0.25, 0.3) is 0 Å². The smallest absolute Gasteiger partial charge is 0.328 e. The molecule has 5 heteroatoms. The van der Waals surface area contributed by atoms with Crippen LogP contribution in [0.4, 0.5) is 0 Å². The number of amides is 1. The van der Waals surface area contributed by atoms with Gasteiger partial charge < -0.3 is 15.1 Å². The van der Waals surface area contributed by atoms with Crippen LogP contribution in [0.2, 0.25) is 0 Å². The van der Waals surface area contributed by atoms with E-state index in [2.05, 4.69) is 0 Å². The number of aliphatic carboxylic acids is 1. The lowest BCUT2D eigenvalue weighted by Gasteiger charge is -2.11. The fourth-order valence-corrected chi connectivity index (χ4v) is 1.19. The molecule has 2 N–H and O–H groups in total.